The highest BCUT2D eigenvalue weighted by molar-refractivity contribution is 5.43. The third-order valence-electron chi connectivity index (χ3n) is 4.17. The zero-order chi connectivity index (χ0) is 16.5. The number of aromatic nitrogens is 2. The quantitative estimate of drug-likeness (QED) is 0.853. The summed E-state index contributed by atoms with van der Waals surface area (Å²) in [5, 5.41) is 8.00. The average molecular weight is 331 g/mol. The van der Waals surface area contributed by atoms with E-state index in [9.17, 15) is 0 Å². The molecule has 7 nitrogen and oxygen atoms in total. The Hall–Kier alpha value is -2.12. The van der Waals surface area contributed by atoms with Crippen molar-refractivity contribution in [2.75, 3.05) is 26.3 Å². The van der Waals surface area contributed by atoms with E-state index >= 15 is 0 Å². The van der Waals surface area contributed by atoms with Crippen LogP contribution in [0.25, 0.3) is 0 Å². The van der Waals surface area contributed by atoms with Gasteiger partial charge in [-0.2, -0.15) is 0 Å². The molecule has 1 aromatic carbocycles. The topological polar surface area (TPSA) is 69.9 Å². The average Bonchev–Trinajstić information content (AvgIpc) is 3.01. The van der Waals surface area contributed by atoms with E-state index in [4.69, 9.17) is 18.6 Å². The molecule has 2 aliphatic heterocycles. The van der Waals surface area contributed by atoms with Gasteiger partial charge in [-0.1, -0.05) is 6.07 Å². The lowest BCUT2D eigenvalue weighted by Gasteiger charge is -2.35. The first-order valence-electron chi connectivity index (χ1n) is 8.24. The molecule has 2 atom stereocenters. The van der Waals surface area contributed by atoms with E-state index in [-0.39, 0.29) is 12.2 Å². The molecule has 2 aliphatic rings. The molecule has 0 amide bonds. The van der Waals surface area contributed by atoms with E-state index in [1.807, 2.05) is 6.07 Å². The van der Waals surface area contributed by atoms with Crippen molar-refractivity contribution in [1.82, 2.24) is 15.1 Å². The molecular formula is C17H21N3O4. The lowest BCUT2D eigenvalue weighted by atomic mass is 10.1. The third-order valence-corrected chi connectivity index (χ3v) is 4.17. The molecule has 1 saturated heterocycles. The van der Waals surface area contributed by atoms with Crippen LogP contribution in [-0.4, -0.2) is 47.5 Å². The molecule has 0 bridgehead atoms. The van der Waals surface area contributed by atoms with Crippen LogP contribution in [0.3, 0.4) is 0 Å². The largest absolute Gasteiger partial charge is 0.486 e. The number of nitrogens with zero attached hydrogens (tertiary/aromatic N) is 3. The van der Waals surface area contributed by atoms with Gasteiger partial charge in [-0.3, -0.25) is 4.90 Å². The number of rotatable bonds is 3. The van der Waals surface area contributed by atoms with Crippen LogP contribution in [0.2, 0.25) is 0 Å². The van der Waals surface area contributed by atoms with Crippen LogP contribution in [0.5, 0.6) is 11.5 Å². The Morgan fingerprint density at radius 3 is 2.75 bits per heavy atom. The minimum Gasteiger partial charge on any atom is -0.486 e. The first kappa shape index (κ1) is 15.4. The molecular weight excluding hydrogens is 310 g/mol. The van der Waals surface area contributed by atoms with Crippen molar-refractivity contribution >= 4 is 0 Å². The number of benzene rings is 1. The lowest BCUT2D eigenvalue weighted by molar-refractivity contribution is -0.0917. The van der Waals surface area contributed by atoms with Crippen LogP contribution in [0.15, 0.2) is 22.6 Å². The maximum absolute atomic E-state index is 5.96. The Bertz CT molecular complexity index is 718. The maximum Gasteiger partial charge on any atom is 0.246 e. The molecule has 0 aliphatic carbocycles. The fourth-order valence-corrected chi connectivity index (χ4v) is 3.19. The van der Waals surface area contributed by atoms with Crippen LogP contribution >= 0.6 is 0 Å². The van der Waals surface area contributed by atoms with Gasteiger partial charge in [0.25, 0.3) is 0 Å². The molecule has 0 spiro atoms. The van der Waals surface area contributed by atoms with E-state index in [2.05, 4.69) is 34.2 Å². The summed E-state index contributed by atoms with van der Waals surface area (Å²) in [6, 6.07) is 6.12. The van der Waals surface area contributed by atoms with Crippen molar-refractivity contribution in [1.29, 1.82) is 0 Å². The van der Waals surface area contributed by atoms with Gasteiger partial charge < -0.3 is 18.6 Å². The number of ether oxygens (including phenoxy) is 3. The van der Waals surface area contributed by atoms with E-state index in [1.54, 1.807) is 6.92 Å². The van der Waals surface area contributed by atoms with Gasteiger partial charge in [0, 0.05) is 26.6 Å². The van der Waals surface area contributed by atoms with Crippen LogP contribution in [0.4, 0.5) is 0 Å². The normalized spacial score (nSPS) is 24.1. The molecule has 128 valence electrons. The van der Waals surface area contributed by atoms with Crippen LogP contribution in [0.1, 0.15) is 30.4 Å². The summed E-state index contributed by atoms with van der Waals surface area (Å²) in [5.74, 6) is 2.75. The zero-order valence-electron chi connectivity index (χ0n) is 13.9. The summed E-state index contributed by atoms with van der Waals surface area (Å²) in [4.78, 5) is 2.34. The molecule has 3 heterocycles. The van der Waals surface area contributed by atoms with Crippen LogP contribution in [0, 0.1) is 6.92 Å². The molecule has 2 aromatic rings. The maximum atomic E-state index is 5.96. The van der Waals surface area contributed by atoms with Crippen molar-refractivity contribution < 1.29 is 18.6 Å². The van der Waals surface area contributed by atoms with Gasteiger partial charge in [0.2, 0.25) is 11.8 Å². The second-order valence-electron chi connectivity index (χ2n) is 6.27. The highest BCUT2D eigenvalue weighted by Gasteiger charge is 2.30. The number of aryl methyl sites for hydroxylation is 1. The van der Waals surface area contributed by atoms with E-state index in [0.29, 0.717) is 25.0 Å². The molecule has 0 radical (unpaired) electrons. The zero-order valence-corrected chi connectivity index (χ0v) is 13.9. The number of morpholine rings is 1. The van der Waals surface area contributed by atoms with Gasteiger partial charge in [0.1, 0.15) is 19.3 Å². The molecule has 0 N–H and O–H groups in total. The Kier molecular flexibility index (Phi) is 4.12. The lowest BCUT2D eigenvalue weighted by Crippen LogP contribution is -2.42. The summed E-state index contributed by atoms with van der Waals surface area (Å²) in [7, 11) is 0. The summed E-state index contributed by atoms with van der Waals surface area (Å²) in [6.45, 7) is 7.45. The minimum atomic E-state index is -0.188. The van der Waals surface area contributed by atoms with Gasteiger partial charge in [0.05, 0.1) is 6.10 Å². The molecule has 1 fully saturated rings. The second kappa shape index (κ2) is 6.41. The highest BCUT2D eigenvalue weighted by Crippen LogP contribution is 2.32. The highest BCUT2D eigenvalue weighted by atomic mass is 16.6. The number of hydrogen-bond donors (Lipinski definition) is 0. The molecule has 4 rings (SSSR count). The SMILES string of the molecule is Cc1nnc([C@H]2CN(Cc3ccc4c(c3)OCCO4)C[C@@H](C)O2)o1. The monoisotopic (exact) mass is 331 g/mol. The summed E-state index contributed by atoms with van der Waals surface area (Å²) >= 11 is 0. The van der Waals surface area contributed by atoms with Gasteiger partial charge in [-0.25, -0.2) is 0 Å². The molecule has 0 saturated carbocycles. The van der Waals surface area contributed by atoms with Crippen molar-refractivity contribution in [2.24, 2.45) is 0 Å². The summed E-state index contributed by atoms with van der Waals surface area (Å²) < 4.78 is 22.7. The standard InChI is InChI=1S/C17H21N3O4/c1-11-8-20(10-16(23-11)17-19-18-12(2)24-17)9-13-3-4-14-15(7-13)22-6-5-21-14/h3-4,7,11,16H,5-6,8-10H2,1-2H3/t11-,16-/m1/s1. The molecule has 7 heteroatoms. The molecule has 1 aromatic heterocycles. The molecule has 24 heavy (non-hydrogen) atoms. The van der Waals surface area contributed by atoms with Gasteiger partial charge >= 0.3 is 0 Å². The molecule has 0 unspecified atom stereocenters. The fourth-order valence-electron chi connectivity index (χ4n) is 3.19. The first-order valence-corrected chi connectivity index (χ1v) is 8.24. The van der Waals surface area contributed by atoms with Crippen molar-refractivity contribution in [2.45, 2.75) is 32.6 Å². The Labute approximate surface area is 140 Å². The van der Waals surface area contributed by atoms with Crippen molar-refractivity contribution in [3.8, 4) is 11.5 Å². The summed E-state index contributed by atoms with van der Waals surface area (Å²) in [5.41, 5.74) is 1.19. The fraction of sp³-hybridized carbons (Fsp3) is 0.529. The van der Waals surface area contributed by atoms with E-state index in [1.165, 1.54) is 5.56 Å². The Morgan fingerprint density at radius 1 is 1.12 bits per heavy atom. The Morgan fingerprint density at radius 2 is 1.96 bits per heavy atom. The predicted molar refractivity (Wildman–Crippen MR) is 85.0 cm³/mol. The number of fused-ring (bicyclic) bond motifs is 1. The van der Waals surface area contributed by atoms with E-state index in [0.717, 1.165) is 31.1 Å². The van der Waals surface area contributed by atoms with Crippen LogP contribution < -0.4 is 9.47 Å². The third kappa shape index (κ3) is 3.22. The Balaban J connectivity index is 1.47. The summed E-state index contributed by atoms with van der Waals surface area (Å²) in [6.07, 6.45) is -0.0830. The smallest absolute Gasteiger partial charge is 0.246 e. The number of hydrogen-bond acceptors (Lipinski definition) is 7. The second-order valence-corrected chi connectivity index (χ2v) is 6.27. The van der Waals surface area contributed by atoms with Gasteiger partial charge in [0.15, 0.2) is 11.5 Å². The van der Waals surface area contributed by atoms with Crippen molar-refractivity contribution in [3.63, 3.8) is 0 Å². The van der Waals surface area contributed by atoms with Crippen LogP contribution in [-0.2, 0) is 11.3 Å². The van der Waals surface area contributed by atoms with Crippen molar-refractivity contribution in [3.05, 3.63) is 35.5 Å². The van der Waals surface area contributed by atoms with E-state index < -0.39 is 0 Å². The van der Waals surface area contributed by atoms with Gasteiger partial charge in [-0.15, -0.1) is 10.2 Å². The minimum absolute atomic E-state index is 0.105. The first-order chi connectivity index (χ1) is 11.7. The van der Waals surface area contributed by atoms with Gasteiger partial charge in [-0.05, 0) is 24.6 Å². The predicted octanol–water partition coefficient (Wildman–Crippen LogP) is 2.11.